The molecule has 0 radical (unpaired) electrons. The van der Waals surface area contributed by atoms with E-state index in [-0.39, 0.29) is 29.2 Å². The number of rotatable bonds is 6. The molecule has 2 aliphatic rings. The number of aryl methyl sites for hydroxylation is 2. The van der Waals surface area contributed by atoms with Crippen LogP contribution in [0.4, 0.5) is 5.69 Å². The van der Waals surface area contributed by atoms with Gasteiger partial charge >= 0.3 is 0 Å². The van der Waals surface area contributed by atoms with E-state index in [1.165, 1.54) is 0 Å². The van der Waals surface area contributed by atoms with E-state index >= 15 is 0 Å². The summed E-state index contributed by atoms with van der Waals surface area (Å²) in [5.74, 6) is -0.0471. The third kappa shape index (κ3) is 3.45. The second-order valence-corrected chi connectivity index (χ2v) is 10.3. The van der Waals surface area contributed by atoms with E-state index in [1.54, 1.807) is 29.0 Å². The number of carbonyl (C=O) groups excluding carboxylic acids is 2. The van der Waals surface area contributed by atoms with Crippen molar-refractivity contribution in [2.75, 3.05) is 25.1 Å². The fraction of sp³-hybridized carbons (Fsp3) is 0.281. The molecule has 1 aromatic heterocycles. The molecule has 2 amide bonds. The van der Waals surface area contributed by atoms with Gasteiger partial charge in [-0.15, -0.1) is 0 Å². The monoisotopic (exact) mass is 522 g/mol. The molecule has 0 saturated carbocycles. The molecule has 0 N–H and O–H groups in total. The summed E-state index contributed by atoms with van der Waals surface area (Å²) in [7, 11) is 1.61. The fourth-order valence-electron chi connectivity index (χ4n) is 6.02. The average Bonchev–Trinajstić information content (AvgIpc) is 3.33. The number of anilines is 1. The molecule has 0 bridgehead atoms. The van der Waals surface area contributed by atoms with Crippen molar-refractivity contribution >= 4 is 28.5 Å². The summed E-state index contributed by atoms with van der Waals surface area (Å²) in [4.78, 5) is 46.2. The standard InChI is InChI=1S/C32H30N2O5/c1-5-15-33-25-9-7-6-8-24(25)32(31(33)37)27-28(35)23-17-19(2)20(3)18-26(23)39-29(27)30(36)34(32)16-14-21-10-12-22(38-4)13-11-21/h6-13,17-18H,5,14-16H2,1-4H3. The third-order valence-electron chi connectivity index (χ3n) is 8.08. The average molecular weight is 523 g/mol. The summed E-state index contributed by atoms with van der Waals surface area (Å²) >= 11 is 0. The van der Waals surface area contributed by atoms with Gasteiger partial charge in [0.15, 0.2) is 11.0 Å². The SMILES string of the molecule is CCCN1C(=O)C2(c3ccccc31)c1c(oc3cc(C)c(C)cc3c1=O)C(=O)N2CCc1ccc(OC)cc1. The van der Waals surface area contributed by atoms with Crippen LogP contribution in [-0.2, 0) is 16.8 Å². The van der Waals surface area contributed by atoms with Gasteiger partial charge in [-0.3, -0.25) is 14.4 Å². The molecule has 7 heteroatoms. The highest BCUT2D eigenvalue weighted by atomic mass is 16.5. The van der Waals surface area contributed by atoms with Crippen molar-refractivity contribution in [2.45, 2.75) is 39.2 Å². The topological polar surface area (TPSA) is 80.1 Å². The highest BCUT2D eigenvalue weighted by Gasteiger charge is 2.64. The molecule has 3 aromatic carbocycles. The van der Waals surface area contributed by atoms with E-state index in [9.17, 15) is 14.4 Å². The molecule has 2 aliphatic heterocycles. The number of carbonyl (C=O) groups is 2. The molecule has 1 atom stereocenters. The van der Waals surface area contributed by atoms with Crippen LogP contribution in [0.2, 0.25) is 0 Å². The van der Waals surface area contributed by atoms with Crippen molar-refractivity contribution in [1.29, 1.82) is 0 Å². The molecule has 39 heavy (non-hydrogen) atoms. The number of fused-ring (bicyclic) bond motifs is 5. The zero-order valence-electron chi connectivity index (χ0n) is 22.5. The highest BCUT2D eigenvalue weighted by Crippen LogP contribution is 2.52. The minimum absolute atomic E-state index is 0.0491. The number of benzene rings is 3. The smallest absolute Gasteiger partial charge is 0.291 e. The third-order valence-corrected chi connectivity index (χ3v) is 8.08. The molecular formula is C32H30N2O5. The lowest BCUT2D eigenvalue weighted by Gasteiger charge is -2.34. The first kappa shape index (κ1) is 24.9. The Balaban J connectivity index is 1.60. The van der Waals surface area contributed by atoms with E-state index in [0.29, 0.717) is 29.5 Å². The van der Waals surface area contributed by atoms with E-state index < -0.39 is 11.4 Å². The Hall–Kier alpha value is -4.39. The molecule has 7 nitrogen and oxygen atoms in total. The van der Waals surface area contributed by atoms with Gasteiger partial charge in [-0.25, -0.2) is 0 Å². The number of hydrogen-bond donors (Lipinski definition) is 0. The van der Waals surface area contributed by atoms with Crippen LogP contribution in [0.15, 0.2) is 69.9 Å². The molecule has 0 aliphatic carbocycles. The number of nitrogens with zero attached hydrogens (tertiary/aromatic N) is 2. The largest absolute Gasteiger partial charge is 0.497 e. The van der Waals surface area contributed by atoms with Gasteiger partial charge in [-0.05, 0) is 73.7 Å². The maximum absolute atomic E-state index is 14.5. The maximum atomic E-state index is 14.5. The van der Waals surface area contributed by atoms with Crippen molar-refractivity contribution in [3.05, 3.63) is 104 Å². The second kappa shape index (κ2) is 9.12. The van der Waals surface area contributed by atoms with Crippen molar-refractivity contribution < 1.29 is 18.7 Å². The van der Waals surface area contributed by atoms with Crippen molar-refractivity contribution in [1.82, 2.24) is 4.90 Å². The predicted molar refractivity (Wildman–Crippen MR) is 150 cm³/mol. The van der Waals surface area contributed by atoms with Crippen LogP contribution in [0, 0.1) is 13.8 Å². The van der Waals surface area contributed by atoms with Crippen molar-refractivity contribution in [2.24, 2.45) is 0 Å². The second-order valence-electron chi connectivity index (χ2n) is 10.3. The van der Waals surface area contributed by atoms with Gasteiger partial charge in [0.1, 0.15) is 11.3 Å². The summed E-state index contributed by atoms with van der Waals surface area (Å²) in [5.41, 5.74) is 2.79. The zero-order chi connectivity index (χ0) is 27.5. The number of para-hydroxylation sites is 1. The van der Waals surface area contributed by atoms with E-state index in [4.69, 9.17) is 9.15 Å². The summed E-state index contributed by atoms with van der Waals surface area (Å²) in [5, 5.41) is 0.375. The van der Waals surface area contributed by atoms with Crippen LogP contribution in [0.5, 0.6) is 5.75 Å². The molecular weight excluding hydrogens is 492 g/mol. The Morgan fingerprint density at radius 3 is 2.36 bits per heavy atom. The van der Waals surface area contributed by atoms with Crippen LogP contribution in [0.25, 0.3) is 11.0 Å². The molecule has 1 unspecified atom stereocenters. The summed E-state index contributed by atoms with van der Waals surface area (Å²) in [6.45, 7) is 6.57. The molecule has 6 rings (SSSR count). The van der Waals surface area contributed by atoms with Crippen LogP contribution < -0.4 is 15.1 Å². The molecule has 3 heterocycles. The first-order valence-corrected chi connectivity index (χ1v) is 13.3. The Bertz CT molecular complexity index is 1700. The van der Waals surface area contributed by atoms with Gasteiger partial charge in [0.2, 0.25) is 5.76 Å². The van der Waals surface area contributed by atoms with Crippen LogP contribution >= 0.6 is 0 Å². The first-order valence-electron chi connectivity index (χ1n) is 13.3. The van der Waals surface area contributed by atoms with Crippen LogP contribution in [0.1, 0.15) is 51.7 Å². The van der Waals surface area contributed by atoms with Gasteiger partial charge in [0.05, 0.1) is 23.7 Å². The zero-order valence-corrected chi connectivity index (χ0v) is 22.5. The minimum Gasteiger partial charge on any atom is -0.497 e. The van der Waals surface area contributed by atoms with Crippen molar-refractivity contribution in [3.63, 3.8) is 0 Å². The van der Waals surface area contributed by atoms with Gasteiger partial charge in [0, 0.05) is 18.7 Å². The van der Waals surface area contributed by atoms with Crippen LogP contribution in [0.3, 0.4) is 0 Å². The Morgan fingerprint density at radius 1 is 0.923 bits per heavy atom. The lowest BCUT2D eigenvalue weighted by atomic mass is 9.83. The van der Waals surface area contributed by atoms with E-state index in [0.717, 1.165) is 34.5 Å². The minimum atomic E-state index is -1.59. The number of ether oxygens (including phenoxy) is 1. The number of hydrogen-bond acceptors (Lipinski definition) is 5. The fourth-order valence-corrected chi connectivity index (χ4v) is 6.02. The molecule has 0 fully saturated rings. The Morgan fingerprint density at radius 2 is 1.64 bits per heavy atom. The van der Waals surface area contributed by atoms with E-state index in [1.807, 2.05) is 69.3 Å². The predicted octanol–water partition coefficient (Wildman–Crippen LogP) is 5.12. The quantitative estimate of drug-likeness (QED) is 0.351. The lowest BCUT2D eigenvalue weighted by molar-refractivity contribution is -0.126. The molecule has 198 valence electrons. The number of amides is 2. The Labute approximate surface area is 226 Å². The van der Waals surface area contributed by atoms with E-state index in [2.05, 4.69) is 0 Å². The Kier molecular flexibility index (Phi) is 5.83. The molecule has 4 aromatic rings. The normalized spacial score (nSPS) is 17.8. The number of methoxy groups -OCH3 is 1. The van der Waals surface area contributed by atoms with Gasteiger partial charge in [-0.2, -0.15) is 0 Å². The van der Waals surface area contributed by atoms with Gasteiger partial charge in [-0.1, -0.05) is 37.3 Å². The molecule has 0 saturated heterocycles. The lowest BCUT2D eigenvalue weighted by Crippen LogP contribution is -2.54. The summed E-state index contributed by atoms with van der Waals surface area (Å²) < 4.78 is 11.5. The maximum Gasteiger partial charge on any atom is 0.291 e. The highest BCUT2D eigenvalue weighted by molar-refractivity contribution is 6.17. The van der Waals surface area contributed by atoms with Gasteiger partial charge < -0.3 is 19.0 Å². The van der Waals surface area contributed by atoms with Gasteiger partial charge in [0.25, 0.3) is 11.8 Å². The first-order chi connectivity index (χ1) is 18.8. The molecule has 1 spiro atoms. The summed E-state index contributed by atoms with van der Waals surface area (Å²) in [6, 6.07) is 18.7. The van der Waals surface area contributed by atoms with Crippen molar-refractivity contribution in [3.8, 4) is 5.75 Å². The summed E-state index contributed by atoms with van der Waals surface area (Å²) in [6.07, 6.45) is 1.22. The van der Waals surface area contributed by atoms with Crippen LogP contribution in [-0.4, -0.2) is 36.9 Å².